The molecule has 7 heteroatoms. The normalized spacial score (nSPS) is 15.5. The lowest BCUT2D eigenvalue weighted by atomic mass is 10.1. The zero-order valence-electron chi connectivity index (χ0n) is 17.7. The largest absolute Gasteiger partial charge is 0.341 e. The molecule has 3 rings (SSSR count). The van der Waals surface area contributed by atoms with Gasteiger partial charge >= 0.3 is 0 Å². The second-order valence-electron chi connectivity index (χ2n) is 7.78. The molecule has 2 aromatic carbocycles. The molecule has 0 aliphatic carbocycles. The van der Waals surface area contributed by atoms with E-state index in [1.165, 1.54) is 11.2 Å². The van der Waals surface area contributed by atoms with Crippen LogP contribution in [0.2, 0.25) is 0 Å². The maximum absolute atomic E-state index is 13.6. The fraction of sp³-hybridized carbons (Fsp3) is 0.391. The first-order chi connectivity index (χ1) is 14.2. The van der Waals surface area contributed by atoms with Crippen LogP contribution in [0.1, 0.15) is 49.0 Å². The summed E-state index contributed by atoms with van der Waals surface area (Å²) in [6.45, 7) is 6.26. The van der Waals surface area contributed by atoms with Crippen LogP contribution >= 0.6 is 0 Å². The number of likely N-dealkylation sites (tertiary alicyclic amines) is 1. The molecule has 1 aliphatic heterocycles. The smallest absolute Gasteiger partial charge is 0.265 e. The highest BCUT2D eigenvalue weighted by molar-refractivity contribution is 7.92. The van der Waals surface area contributed by atoms with E-state index in [1.54, 1.807) is 60.4 Å². The third kappa shape index (κ3) is 4.56. The predicted molar refractivity (Wildman–Crippen MR) is 117 cm³/mol. The van der Waals surface area contributed by atoms with Crippen LogP contribution in [0.4, 0.5) is 5.69 Å². The second-order valence-corrected chi connectivity index (χ2v) is 9.59. The Kier molecular flexibility index (Phi) is 6.61. The number of rotatable bonds is 6. The average molecular weight is 429 g/mol. The van der Waals surface area contributed by atoms with E-state index in [9.17, 15) is 18.0 Å². The number of carbonyl (C=O) groups is 2. The van der Waals surface area contributed by atoms with E-state index >= 15 is 0 Å². The SMILES string of the molecule is CC(=O)c1ccc(N(C(C)C(=O)N2CCCCC2)S(=O)(=O)c2ccc(C)cc2)cc1. The minimum absolute atomic E-state index is 0.105. The second kappa shape index (κ2) is 9.00. The number of amides is 1. The van der Waals surface area contributed by atoms with Crippen LogP contribution in [0, 0.1) is 6.92 Å². The van der Waals surface area contributed by atoms with Gasteiger partial charge in [-0.1, -0.05) is 17.7 Å². The molecule has 1 amide bonds. The first kappa shape index (κ1) is 22.0. The number of carbonyl (C=O) groups excluding carboxylic acids is 2. The summed E-state index contributed by atoms with van der Waals surface area (Å²) in [7, 11) is -3.99. The van der Waals surface area contributed by atoms with Gasteiger partial charge in [-0.2, -0.15) is 0 Å². The third-order valence-electron chi connectivity index (χ3n) is 5.48. The van der Waals surface area contributed by atoms with E-state index in [4.69, 9.17) is 0 Å². The molecule has 0 spiro atoms. The molecule has 1 saturated heterocycles. The Morgan fingerprint density at radius 3 is 2.03 bits per heavy atom. The molecule has 30 heavy (non-hydrogen) atoms. The summed E-state index contributed by atoms with van der Waals surface area (Å²) in [6.07, 6.45) is 2.93. The topological polar surface area (TPSA) is 74.8 Å². The molecule has 2 aromatic rings. The van der Waals surface area contributed by atoms with Gasteiger partial charge < -0.3 is 4.90 Å². The van der Waals surface area contributed by atoms with Gasteiger partial charge in [-0.25, -0.2) is 8.42 Å². The highest BCUT2D eigenvalue weighted by atomic mass is 32.2. The molecular weight excluding hydrogens is 400 g/mol. The van der Waals surface area contributed by atoms with Gasteiger partial charge in [0.25, 0.3) is 10.0 Å². The number of hydrogen-bond acceptors (Lipinski definition) is 4. The van der Waals surface area contributed by atoms with Crippen LogP contribution in [0.25, 0.3) is 0 Å². The Labute approximate surface area is 178 Å². The molecule has 160 valence electrons. The maximum Gasteiger partial charge on any atom is 0.265 e. The minimum atomic E-state index is -3.99. The van der Waals surface area contributed by atoms with Crippen molar-refractivity contribution in [2.24, 2.45) is 0 Å². The summed E-state index contributed by atoms with van der Waals surface area (Å²) in [6, 6.07) is 12.0. The molecule has 1 heterocycles. The fourth-order valence-electron chi connectivity index (χ4n) is 3.72. The predicted octanol–water partition coefficient (Wildman–Crippen LogP) is 3.79. The van der Waals surface area contributed by atoms with Gasteiger partial charge in [0.15, 0.2) is 5.78 Å². The molecule has 0 aromatic heterocycles. The molecule has 1 atom stereocenters. The Hall–Kier alpha value is -2.67. The fourth-order valence-corrected chi connectivity index (χ4v) is 5.33. The maximum atomic E-state index is 13.6. The summed E-state index contributed by atoms with van der Waals surface area (Å²) in [5, 5.41) is 0. The Bertz CT molecular complexity index is 1010. The Morgan fingerprint density at radius 2 is 1.50 bits per heavy atom. The van der Waals surface area contributed by atoms with Crippen LogP contribution in [0.3, 0.4) is 0 Å². The number of anilines is 1. The van der Waals surface area contributed by atoms with Crippen LogP contribution < -0.4 is 4.31 Å². The van der Waals surface area contributed by atoms with Gasteiger partial charge in [0, 0.05) is 18.7 Å². The zero-order valence-corrected chi connectivity index (χ0v) is 18.5. The molecular formula is C23H28N2O4S. The number of aryl methyl sites for hydroxylation is 1. The van der Waals surface area contributed by atoms with Crippen molar-refractivity contribution in [1.82, 2.24) is 4.90 Å². The van der Waals surface area contributed by atoms with Crippen molar-refractivity contribution in [1.29, 1.82) is 0 Å². The number of benzene rings is 2. The summed E-state index contributed by atoms with van der Waals surface area (Å²) in [4.78, 5) is 26.7. The van der Waals surface area contributed by atoms with E-state index in [2.05, 4.69) is 0 Å². The van der Waals surface area contributed by atoms with Crippen molar-refractivity contribution in [2.45, 2.75) is 51.0 Å². The molecule has 0 radical (unpaired) electrons. The van der Waals surface area contributed by atoms with Crippen molar-refractivity contribution in [2.75, 3.05) is 17.4 Å². The number of hydrogen-bond donors (Lipinski definition) is 0. The number of nitrogens with zero attached hydrogens (tertiary/aromatic N) is 2. The quantitative estimate of drug-likeness (QED) is 0.656. The monoisotopic (exact) mass is 428 g/mol. The van der Waals surface area contributed by atoms with Crippen molar-refractivity contribution in [3.63, 3.8) is 0 Å². The van der Waals surface area contributed by atoms with Gasteiger partial charge in [-0.3, -0.25) is 13.9 Å². The van der Waals surface area contributed by atoms with Gasteiger partial charge in [0.05, 0.1) is 10.6 Å². The van der Waals surface area contributed by atoms with Crippen LogP contribution in [-0.4, -0.2) is 44.1 Å². The van der Waals surface area contributed by atoms with E-state index in [0.717, 1.165) is 24.8 Å². The molecule has 0 bridgehead atoms. The molecule has 0 N–H and O–H groups in total. The first-order valence-electron chi connectivity index (χ1n) is 10.2. The molecule has 1 fully saturated rings. The lowest BCUT2D eigenvalue weighted by Crippen LogP contribution is -2.50. The lowest BCUT2D eigenvalue weighted by molar-refractivity contribution is -0.132. The Morgan fingerprint density at radius 1 is 0.933 bits per heavy atom. The van der Waals surface area contributed by atoms with Gasteiger partial charge in [-0.05, 0) is 76.4 Å². The van der Waals surface area contributed by atoms with Crippen molar-refractivity contribution in [3.8, 4) is 0 Å². The number of piperidine rings is 1. The first-order valence-corrected chi connectivity index (χ1v) is 11.7. The molecule has 6 nitrogen and oxygen atoms in total. The van der Waals surface area contributed by atoms with E-state index in [1.807, 2.05) is 6.92 Å². The summed E-state index contributed by atoms with van der Waals surface area (Å²) in [5.41, 5.74) is 1.80. The van der Waals surface area contributed by atoms with Crippen molar-refractivity contribution < 1.29 is 18.0 Å². The molecule has 0 saturated carbocycles. The van der Waals surface area contributed by atoms with Crippen LogP contribution in [0.5, 0.6) is 0 Å². The van der Waals surface area contributed by atoms with Gasteiger partial charge in [-0.15, -0.1) is 0 Å². The molecule has 1 unspecified atom stereocenters. The van der Waals surface area contributed by atoms with E-state index in [-0.39, 0.29) is 16.6 Å². The van der Waals surface area contributed by atoms with Crippen molar-refractivity contribution in [3.05, 3.63) is 59.7 Å². The highest BCUT2D eigenvalue weighted by Gasteiger charge is 2.35. The number of sulfonamides is 1. The lowest BCUT2D eigenvalue weighted by Gasteiger charge is -2.35. The highest BCUT2D eigenvalue weighted by Crippen LogP contribution is 2.28. The third-order valence-corrected chi connectivity index (χ3v) is 7.40. The summed E-state index contributed by atoms with van der Waals surface area (Å²) >= 11 is 0. The number of ketones is 1. The standard InChI is InChI=1S/C23H28N2O4S/c1-17-7-13-22(14-8-17)30(28,29)25(21-11-9-20(10-12-21)19(3)26)18(2)23(27)24-15-5-4-6-16-24/h7-14,18H,4-6,15-16H2,1-3H3. The average Bonchev–Trinajstić information content (AvgIpc) is 2.74. The van der Waals surface area contributed by atoms with E-state index in [0.29, 0.717) is 24.3 Å². The van der Waals surface area contributed by atoms with Gasteiger partial charge in [0.2, 0.25) is 5.91 Å². The van der Waals surface area contributed by atoms with Gasteiger partial charge in [0.1, 0.15) is 6.04 Å². The summed E-state index contributed by atoms with van der Waals surface area (Å²) in [5.74, 6) is -0.312. The number of Topliss-reactive ketones (excluding diaryl/α,β-unsaturated/α-hetero) is 1. The van der Waals surface area contributed by atoms with Crippen LogP contribution in [-0.2, 0) is 14.8 Å². The minimum Gasteiger partial charge on any atom is -0.341 e. The molecule has 1 aliphatic rings. The van der Waals surface area contributed by atoms with Crippen LogP contribution in [0.15, 0.2) is 53.4 Å². The van der Waals surface area contributed by atoms with Crippen molar-refractivity contribution >= 4 is 27.4 Å². The zero-order chi connectivity index (χ0) is 21.9. The Balaban J connectivity index is 2.04. The summed E-state index contributed by atoms with van der Waals surface area (Å²) < 4.78 is 28.3. The van der Waals surface area contributed by atoms with E-state index < -0.39 is 16.1 Å².